The van der Waals surface area contributed by atoms with Gasteiger partial charge in [-0.25, -0.2) is 0 Å². The smallest absolute Gasteiger partial charge is 0.0660 e. The molecule has 2 rings (SSSR count). The summed E-state index contributed by atoms with van der Waals surface area (Å²) in [5, 5.41) is 3.68. The van der Waals surface area contributed by atoms with Gasteiger partial charge < -0.3 is 10.1 Å². The Bertz CT molecular complexity index is 712. The van der Waals surface area contributed by atoms with E-state index in [1.165, 1.54) is 22.3 Å². The maximum absolute atomic E-state index is 6.17. The van der Waals surface area contributed by atoms with E-state index < -0.39 is 0 Å². The summed E-state index contributed by atoms with van der Waals surface area (Å²) in [4.78, 5) is 0. The van der Waals surface area contributed by atoms with Gasteiger partial charge in [-0.3, -0.25) is 0 Å². The summed E-state index contributed by atoms with van der Waals surface area (Å²) in [6.45, 7) is 21.8. The van der Waals surface area contributed by atoms with E-state index in [1.54, 1.807) is 0 Å². The number of hydrogen-bond donors (Lipinski definition) is 1. The van der Waals surface area contributed by atoms with E-state index in [9.17, 15) is 0 Å². The van der Waals surface area contributed by atoms with Gasteiger partial charge in [-0.1, -0.05) is 67.1 Å². The lowest BCUT2D eigenvalue weighted by molar-refractivity contribution is -0.109. The van der Waals surface area contributed by atoms with Gasteiger partial charge in [-0.15, -0.1) is 0 Å². The minimum atomic E-state index is -0.0664. The van der Waals surface area contributed by atoms with E-state index in [4.69, 9.17) is 4.74 Å². The molecule has 1 aromatic carbocycles. The highest BCUT2D eigenvalue weighted by atomic mass is 16.5. The normalized spacial score (nSPS) is 25.5. The van der Waals surface area contributed by atoms with Gasteiger partial charge in [-0.2, -0.15) is 0 Å². The highest BCUT2D eigenvalue weighted by Crippen LogP contribution is 2.48. The number of hydrogen-bond acceptors (Lipinski definition) is 2. The Kier molecular flexibility index (Phi) is 7.86. The van der Waals surface area contributed by atoms with Crippen molar-refractivity contribution in [2.24, 2.45) is 5.41 Å². The Morgan fingerprint density at radius 2 is 1.93 bits per heavy atom. The molecular formula is C26H39NO. The van der Waals surface area contributed by atoms with Crippen LogP contribution in [-0.4, -0.2) is 18.8 Å². The molecule has 2 heteroatoms. The van der Waals surface area contributed by atoms with Gasteiger partial charge in [0.15, 0.2) is 0 Å². The predicted molar refractivity (Wildman–Crippen MR) is 122 cm³/mol. The van der Waals surface area contributed by atoms with Crippen LogP contribution >= 0.6 is 0 Å². The molecule has 28 heavy (non-hydrogen) atoms. The number of aryl methyl sites for hydroxylation is 2. The first-order valence-corrected chi connectivity index (χ1v) is 10.6. The first kappa shape index (κ1) is 22.6. The van der Waals surface area contributed by atoms with E-state index in [0.717, 1.165) is 51.0 Å². The van der Waals surface area contributed by atoms with Crippen molar-refractivity contribution in [3.63, 3.8) is 0 Å². The van der Waals surface area contributed by atoms with Crippen LogP contribution in [0, 0.1) is 19.3 Å². The molecule has 0 amide bonds. The lowest BCUT2D eigenvalue weighted by Gasteiger charge is -2.47. The molecule has 154 valence electrons. The highest BCUT2D eigenvalue weighted by molar-refractivity contribution is 5.33. The zero-order valence-electron chi connectivity index (χ0n) is 18.7. The molecule has 1 aromatic rings. The van der Waals surface area contributed by atoms with Crippen molar-refractivity contribution in [3.05, 3.63) is 71.3 Å². The average Bonchev–Trinajstić information content (AvgIpc) is 2.62. The van der Waals surface area contributed by atoms with Crippen LogP contribution in [0.1, 0.15) is 63.1 Å². The van der Waals surface area contributed by atoms with Crippen LogP contribution in [0.3, 0.4) is 0 Å². The van der Waals surface area contributed by atoms with Crippen molar-refractivity contribution >= 4 is 0 Å². The topological polar surface area (TPSA) is 21.3 Å². The second kappa shape index (κ2) is 9.71. The van der Waals surface area contributed by atoms with Gasteiger partial charge in [0.1, 0.15) is 0 Å². The second-order valence-electron chi connectivity index (χ2n) is 8.93. The molecule has 0 radical (unpaired) electrons. The van der Waals surface area contributed by atoms with Gasteiger partial charge in [0, 0.05) is 18.6 Å². The van der Waals surface area contributed by atoms with E-state index in [2.05, 4.69) is 77.4 Å². The fraction of sp³-hybridized carbons (Fsp3) is 0.538. The third-order valence-electron chi connectivity index (χ3n) is 6.12. The molecule has 0 saturated carbocycles. The van der Waals surface area contributed by atoms with Crippen LogP contribution in [-0.2, 0) is 11.3 Å². The number of rotatable bonds is 9. The van der Waals surface area contributed by atoms with E-state index in [0.29, 0.717) is 0 Å². The van der Waals surface area contributed by atoms with Gasteiger partial charge in [0.2, 0.25) is 0 Å². The summed E-state index contributed by atoms with van der Waals surface area (Å²) in [7, 11) is 0. The fourth-order valence-electron chi connectivity index (χ4n) is 4.60. The lowest BCUT2D eigenvalue weighted by atomic mass is 9.65. The first-order valence-electron chi connectivity index (χ1n) is 10.6. The van der Waals surface area contributed by atoms with Crippen LogP contribution in [0.5, 0.6) is 0 Å². The van der Waals surface area contributed by atoms with Gasteiger partial charge in [0.25, 0.3) is 0 Å². The standard InChI is InChI=1S/C26H39NO/c1-8-24(14-20(3)4)26(11-13-28-25(7,9-2)19-26)10-12-27-18-23-16-21(5)15-22(6)17-23/h8,14-17,27H,1,3,9-13,18-19H2,2,4-7H3/b24-14+/t25?,26-/m1/s1. The quantitative estimate of drug-likeness (QED) is 0.393. The summed E-state index contributed by atoms with van der Waals surface area (Å²) in [5.74, 6) is 0. The minimum absolute atomic E-state index is 0.0664. The third kappa shape index (κ3) is 5.93. The van der Waals surface area contributed by atoms with E-state index in [1.807, 2.05) is 6.08 Å². The molecule has 1 heterocycles. The third-order valence-corrected chi connectivity index (χ3v) is 6.12. The monoisotopic (exact) mass is 381 g/mol. The summed E-state index contributed by atoms with van der Waals surface area (Å²) in [6.07, 6.45) is 8.45. The Balaban J connectivity index is 2.13. The Hall–Kier alpha value is -1.64. The number of nitrogens with one attached hydrogen (secondary N) is 1. The van der Waals surface area contributed by atoms with Crippen molar-refractivity contribution < 1.29 is 4.74 Å². The Morgan fingerprint density at radius 3 is 2.50 bits per heavy atom. The average molecular weight is 382 g/mol. The molecule has 0 aromatic heterocycles. The molecule has 1 unspecified atom stereocenters. The number of ether oxygens (including phenoxy) is 1. The minimum Gasteiger partial charge on any atom is -0.375 e. The maximum Gasteiger partial charge on any atom is 0.0660 e. The van der Waals surface area contributed by atoms with Crippen LogP contribution in [0.25, 0.3) is 0 Å². The molecule has 0 bridgehead atoms. The summed E-state index contributed by atoms with van der Waals surface area (Å²) >= 11 is 0. The van der Waals surface area contributed by atoms with Crippen LogP contribution < -0.4 is 5.32 Å². The van der Waals surface area contributed by atoms with Crippen molar-refractivity contribution in [1.82, 2.24) is 5.32 Å². The Morgan fingerprint density at radius 1 is 1.25 bits per heavy atom. The maximum atomic E-state index is 6.17. The van der Waals surface area contributed by atoms with Crippen molar-refractivity contribution in [2.45, 2.75) is 72.4 Å². The molecule has 1 aliphatic heterocycles. The molecular weight excluding hydrogens is 342 g/mol. The Labute approximate surface area is 172 Å². The summed E-state index contributed by atoms with van der Waals surface area (Å²) < 4.78 is 6.17. The number of allylic oxidation sites excluding steroid dienone is 4. The molecule has 1 aliphatic rings. The molecule has 1 N–H and O–H groups in total. The van der Waals surface area contributed by atoms with Crippen LogP contribution in [0.4, 0.5) is 0 Å². The molecule has 2 atom stereocenters. The summed E-state index contributed by atoms with van der Waals surface area (Å²) in [5.41, 5.74) is 6.45. The zero-order valence-corrected chi connectivity index (χ0v) is 18.7. The van der Waals surface area contributed by atoms with Gasteiger partial charge in [-0.05, 0) is 71.1 Å². The predicted octanol–water partition coefficient (Wildman–Crippen LogP) is 6.44. The van der Waals surface area contributed by atoms with Gasteiger partial charge >= 0.3 is 0 Å². The van der Waals surface area contributed by atoms with E-state index >= 15 is 0 Å². The molecule has 2 nitrogen and oxygen atoms in total. The second-order valence-corrected chi connectivity index (χ2v) is 8.93. The van der Waals surface area contributed by atoms with Crippen molar-refractivity contribution in [1.29, 1.82) is 0 Å². The molecule has 0 spiro atoms. The largest absolute Gasteiger partial charge is 0.375 e. The highest BCUT2D eigenvalue weighted by Gasteiger charge is 2.43. The lowest BCUT2D eigenvalue weighted by Crippen LogP contribution is -2.45. The van der Waals surface area contributed by atoms with Crippen molar-refractivity contribution in [2.75, 3.05) is 13.2 Å². The zero-order chi connectivity index (χ0) is 20.8. The first-order chi connectivity index (χ1) is 13.2. The molecule has 0 aliphatic carbocycles. The SMILES string of the molecule is C=C/C(=C\C(=C)C)[C@]1(CCNCc2cc(C)cc(C)c2)CCOC(C)(CC)C1. The van der Waals surface area contributed by atoms with Crippen LogP contribution in [0.15, 0.2) is 54.7 Å². The molecule has 1 saturated heterocycles. The van der Waals surface area contributed by atoms with E-state index in [-0.39, 0.29) is 11.0 Å². The molecule has 1 fully saturated rings. The summed E-state index contributed by atoms with van der Waals surface area (Å²) in [6, 6.07) is 6.77. The number of benzene rings is 1. The van der Waals surface area contributed by atoms with Gasteiger partial charge in [0.05, 0.1) is 5.60 Å². The fourth-order valence-corrected chi connectivity index (χ4v) is 4.60. The van der Waals surface area contributed by atoms with Crippen LogP contribution in [0.2, 0.25) is 0 Å². The van der Waals surface area contributed by atoms with Crippen molar-refractivity contribution in [3.8, 4) is 0 Å².